The van der Waals surface area contributed by atoms with Crippen LogP contribution in [0.25, 0.3) is 5.82 Å². The van der Waals surface area contributed by atoms with Crippen LogP contribution < -0.4 is 5.32 Å². The SMILES string of the molecule is Cc1ccc(-n2cccc2C2C(c3ccccn3)NC(=S)N2CC(C)C)nc1. The number of pyridine rings is 2. The van der Waals surface area contributed by atoms with Gasteiger partial charge in [0.05, 0.1) is 17.8 Å². The van der Waals surface area contributed by atoms with Crippen LogP contribution in [0.5, 0.6) is 0 Å². The average molecular weight is 392 g/mol. The lowest BCUT2D eigenvalue weighted by Crippen LogP contribution is -2.33. The van der Waals surface area contributed by atoms with E-state index in [1.54, 1.807) is 0 Å². The molecular weight excluding hydrogens is 366 g/mol. The van der Waals surface area contributed by atoms with Crippen LogP contribution in [0, 0.1) is 12.8 Å². The van der Waals surface area contributed by atoms with E-state index in [-0.39, 0.29) is 12.1 Å². The minimum atomic E-state index is -0.00783. The summed E-state index contributed by atoms with van der Waals surface area (Å²) in [6, 6.07) is 14.4. The quantitative estimate of drug-likeness (QED) is 0.661. The first-order valence-electron chi connectivity index (χ1n) is 9.63. The minimum absolute atomic E-state index is 0.00783. The second-order valence-corrected chi connectivity index (χ2v) is 8.06. The molecule has 0 radical (unpaired) electrons. The van der Waals surface area contributed by atoms with Crippen molar-refractivity contribution in [3.63, 3.8) is 0 Å². The summed E-state index contributed by atoms with van der Waals surface area (Å²) in [5.41, 5.74) is 3.29. The van der Waals surface area contributed by atoms with E-state index in [9.17, 15) is 0 Å². The Morgan fingerprint density at radius 3 is 2.64 bits per heavy atom. The molecule has 0 saturated carbocycles. The molecule has 6 heteroatoms. The third kappa shape index (κ3) is 3.52. The molecule has 28 heavy (non-hydrogen) atoms. The second-order valence-electron chi connectivity index (χ2n) is 7.67. The summed E-state index contributed by atoms with van der Waals surface area (Å²) in [5.74, 6) is 1.40. The molecule has 3 aromatic rings. The van der Waals surface area contributed by atoms with E-state index in [0.717, 1.165) is 34.4 Å². The van der Waals surface area contributed by atoms with Crippen LogP contribution in [0.15, 0.2) is 61.1 Å². The van der Waals surface area contributed by atoms with Gasteiger partial charge in [-0.3, -0.25) is 4.98 Å². The maximum Gasteiger partial charge on any atom is 0.170 e. The molecule has 0 amide bonds. The number of hydrogen-bond donors (Lipinski definition) is 1. The van der Waals surface area contributed by atoms with Gasteiger partial charge in [0.1, 0.15) is 5.82 Å². The summed E-state index contributed by atoms with van der Waals surface area (Å²) in [4.78, 5) is 11.5. The average Bonchev–Trinajstić information content (AvgIpc) is 3.28. The van der Waals surface area contributed by atoms with E-state index in [2.05, 4.69) is 75.1 Å². The van der Waals surface area contributed by atoms with Crippen molar-refractivity contribution in [1.29, 1.82) is 0 Å². The highest BCUT2D eigenvalue weighted by molar-refractivity contribution is 7.80. The highest BCUT2D eigenvalue weighted by Gasteiger charge is 2.41. The van der Waals surface area contributed by atoms with E-state index >= 15 is 0 Å². The molecule has 0 bridgehead atoms. The van der Waals surface area contributed by atoms with Crippen molar-refractivity contribution in [2.45, 2.75) is 32.9 Å². The number of nitrogens with zero attached hydrogens (tertiary/aromatic N) is 4. The molecule has 2 unspecified atom stereocenters. The monoisotopic (exact) mass is 391 g/mol. The lowest BCUT2D eigenvalue weighted by molar-refractivity contribution is 0.280. The summed E-state index contributed by atoms with van der Waals surface area (Å²) >= 11 is 5.73. The molecule has 1 aliphatic heterocycles. The van der Waals surface area contributed by atoms with Gasteiger partial charge in [0, 0.05) is 30.8 Å². The fourth-order valence-electron chi connectivity index (χ4n) is 3.76. The van der Waals surface area contributed by atoms with Gasteiger partial charge in [-0.15, -0.1) is 0 Å². The topological polar surface area (TPSA) is 46.0 Å². The zero-order chi connectivity index (χ0) is 19.7. The van der Waals surface area contributed by atoms with Crippen molar-refractivity contribution in [2.24, 2.45) is 5.92 Å². The zero-order valence-corrected chi connectivity index (χ0v) is 17.2. The fraction of sp³-hybridized carbons (Fsp3) is 0.318. The van der Waals surface area contributed by atoms with Gasteiger partial charge in [-0.25, -0.2) is 4.98 Å². The minimum Gasteiger partial charge on any atom is -0.352 e. The Kier molecular flexibility index (Phi) is 5.13. The summed E-state index contributed by atoms with van der Waals surface area (Å²) in [6.45, 7) is 7.36. The molecule has 1 N–H and O–H groups in total. The second kappa shape index (κ2) is 7.72. The standard InChI is InChI=1S/C22H25N5S/c1-15(2)14-27-21(20(25-22(27)28)17-7-4-5-11-23-17)18-8-6-12-26(18)19-10-9-16(3)13-24-19/h4-13,15,20-21H,14H2,1-3H3,(H,25,28). The first kappa shape index (κ1) is 18.6. The van der Waals surface area contributed by atoms with Crippen LogP contribution in [0.1, 0.15) is 42.9 Å². The van der Waals surface area contributed by atoms with Gasteiger partial charge in [-0.2, -0.15) is 0 Å². The Hall–Kier alpha value is -2.73. The maximum atomic E-state index is 5.73. The molecular formula is C22H25N5S. The number of aryl methyl sites for hydroxylation is 1. The molecule has 4 rings (SSSR count). The van der Waals surface area contributed by atoms with Crippen LogP contribution in [0.4, 0.5) is 0 Å². The van der Waals surface area contributed by atoms with E-state index in [0.29, 0.717) is 5.92 Å². The summed E-state index contributed by atoms with van der Waals surface area (Å²) in [7, 11) is 0. The first-order chi connectivity index (χ1) is 13.5. The predicted molar refractivity (Wildman–Crippen MR) is 115 cm³/mol. The van der Waals surface area contributed by atoms with E-state index in [1.165, 1.54) is 0 Å². The van der Waals surface area contributed by atoms with Gasteiger partial charge in [0.25, 0.3) is 0 Å². The van der Waals surface area contributed by atoms with Gasteiger partial charge in [-0.1, -0.05) is 26.0 Å². The van der Waals surface area contributed by atoms with Crippen molar-refractivity contribution in [3.8, 4) is 5.82 Å². The molecule has 1 fully saturated rings. The van der Waals surface area contributed by atoms with Crippen LogP contribution in [-0.2, 0) is 0 Å². The summed E-state index contributed by atoms with van der Waals surface area (Å²) in [5, 5.41) is 4.29. The third-order valence-electron chi connectivity index (χ3n) is 4.99. The summed E-state index contributed by atoms with van der Waals surface area (Å²) in [6.07, 6.45) is 5.80. The first-order valence-corrected chi connectivity index (χ1v) is 10.0. The lowest BCUT2D eigenvalue weighted by Gasteiger charge is -2.30. The van der Waals surface area contributed by atoms with E-state index in [4.69, 9.17) is 12.2 Å². The predicted octanol–water partition coefficient (Wildman–Crippen LogP) is 4.20. The lowest BCUT2D eigenvalue weighted by atomic mass is 10.0. The fourth-order valence-corrected chi connectivity index (χ4v) is 4.08. The van der Waals surface area contributed by atoms with Crippen LogP contribution in [0.3, 0.4) is 0 Å². The van der Waals surface area contributed by atoms with Gasteiger partial charge < -0.3 is 14.8 Å². The Balaban J connectivity index is 1.80. The van der Waals surface area contributed by atoms with Gasteiger partial charge >= 0.3 is 0 Å². The van der Waals surface area contributed by atoms with Crippen molar-refractivity contribution in [3.05, 3.63) is 78.0 Å². The molecule has 2 atom stereocenters. The third-order valence-corrected chi connectivity index (χ3v) is 5.34. The van der Waals surface area contributed by atoms with Gasteiger partial charge in [0.2, 0.25) is 0 Å². The van der Waals surface area contributed by atoms with E-state index < -0.39 is 0 Å². The number of aromatic nitrogens is 3. The van der Waals surface area contributed by atoms with Gasteiger partial charge in [-0.05, 0) is 61.0 Å². The number of thiocarbonyl (C=S) groups is 1. The van der Waals surface area contributed by atoms with Gasteiger partial charge in [0.15, 0.2) is 5.11 Å². The highest BCUT2D eigenvalue weighted by Crippen LogP contribution is 2.39. The molecule has 0 aliphatic carbocycles. The molecule has 1 saturated heterocycles. The zero-order valence-electron chi connectivity index (χ0n) is 16.4. The smallest absolute Gasteiger partial charge is 0.170 e. The molecule has 3 aromatic heterocycles. The van der Waals surface area contributed by atoms with Crippen LogP contribution in [-0.4, -0.2) is 31.1 Å². The molecule has 0 spiro atoms. The Labute approximate surface area is 171 Å². The molecule has 4 heterocycles. The molecule has 144 valence electrons. The van der Waals surface area contributed by atoms with Crippen molar-refractivity contribution < 1.29 is 0 Å². The molecule has 1 aliphatic rings. The molecule has 5 nitrogen and oxygen atoms in total. The Morgan fingerprint density at radius 2 is 1.96 bits per heavy atom. The Bertz CT molecular complexity index is 949. The number of nitrogens with one attached hydrogen (secondary N) is 1. The van der Waals surface area contributed by atoms with E-state index in [1.807, 2.05) is 31.5 Å². The maximum absolute atomic E-state index is 5.73. The number of hydrogen-bond acceptors (Lipinski definition) is 3. The normalized spacial score (nSPS) is 19.3. The van der Waals surface area contributed by atoms with Crippen molar-refractivity contribution in [1.82, 2.24) is 24.8 Å². The van der Waals surface area contributed by atoms with Crippen LogP contribution >= 0.6 is 12.2 Å². The van der Waals surface area contributed by atoms with Crippen molar-refractivity contribution >= 4 is 17.3 Å². The summed E-state index contributed by atoms with van der Waals surface area (Å²) < 4.78 is 2.16. The van der Waals surface area contributed by atoms with Crippen LogP contribution in [0.2, 0.25) is 0 Å². The van der Waals surface area contributed by atoms with Crippen molar-refractivity contribution in [2.75, 3.05) is 6.54 Å². The highest BCUT2D eigenvalue weighted by atomic mass is 32.1. The largest absolute Gasteiger partial charge is 0.352 e. The Morgan fingerprint density at radius 1 is 1.11 bits per heavy atom. The molecule has 0 aromatic carbocycles. The number of rotatable bonds is 5.